The van der Waals surface area contributed by atoms with Gasteiger partial charge in [0.1, 0.15) is 5.82 Å². The molecule has 1 amide bonds. The van der Waals surface area contributed by atoms with Crippen LogP contribution >= 0.6 is 23.4 Å². The number of halogens is 2. The summed E-state index contributed by atoms with van der Waals surface area (Å²) in [4.78, 5) is 22.9. The topological polar surface area (TPSA) is 80.2 Å². The van der Waals surface area contributed by atoms with Crippen molar-refractivity contribution >= 4 is 39.1 Å². The summed E-state index contributed by atoms with van der Waals surface area (Å²) >= 11 is 7.40. The van der Waals surface area contributed by atoms with Crippen LogP contribution in [0.3, 0.4) is 0 Å². The second kappa shape index (κ2) is 8.12. The van der Waals surface area contributed by atoms with Crippen LogP contribution in [0.2, 0.25) is 5.02 Å². The van der Waals surface area contributed by atoms with Gasteiger partial charge in [0.15, 0.2) is 20.7 Å². The number of thioether (sulfide) groups is 1. The van der Waals surface area contributed by atoms with Gasteiger partial charge in [0, 0.05) is 12.6 Å². The number of hydrogen-bond donors (Lipinski definition) is 0. The third kappa shape index (κ3) is 4.77. The summed E-state index contributed by atoms with van der Waals surface area (Å²) in [6.07, 6.45) is 3.47. The van der Waals surface area contributed by atoms with Crippen molar-refractivity contribution in [2.45, 2.75) is 24.2 Å². The van der Waals surface area contributed by atoms with E-state index in [-0.39, 0.29) is 34.6 Å². The molecule has 1 aliphatic rings. The maximum absolute atomic E-state index is 13.2. The van der Waals surface area contributed by atoms with E-state index in [0.717, 1.165) is 0 Å². The minimum Gasteiger partial charge on any atom is -0.329 e. The van der Waals surface area contributed by atoms with Crippen molar-refractivity contribution in [3.8, 4) is 0 Å². The molecule has 0 unspecified atom stereocenters. The van der Waals surface area contributed by atoms with Crippen LogP contribution in [0, 0.1) is 5.82 Å². The molecule has 1 aromatic heterocycles. The molecule has 1 fully saturated rings. The zero-order valence-electron chi connectivity index (χ0n) is 14.4. The van der Waals surface area contributed by atoms with Gasteiger partial charge in [0.2, 0.25) is 0 Å². The first-order valence-corrected chi connectivity index (χ1v) is 11.5. The minimum absolute atomic E-state index is 0.0262. The smallest absolute Gasteiger partial charge is 0.274 e. The van der Waals surface area contributed by atoms with E-state index in [2.05, 4.69) is 9.97 Å². The highest BCUT2D eigenvalue weighted by Crippen LogP contribution is 2.25. The molecule has 0 bridgehead atoms. The van der Waals surface area contributed by atoms with Crippen LogP contribution < -0.4 is 0 Å². The fourth-order valence-electron chi connectivity index (χ4n) is 2.91. The summed E-state index contributed by atoms with van der Waals surface area (Å²) in [6.45, 7) is 0.133. The zero-order chi connectivity index (χ0) is 19.6. The van der Waals surface area contributed by atoms with Gasteiger partial charge in [-0.1, -0.05) is 35.5 Å². The maximum Gasteiger partial charge on any atom is 0.274 e. The molecule has 0 saturated carbocycles. The van der Waals surface area contributed by atoms with Crippen molar-refractivity contribution in [1.29, 1.82) is 0 Å². The molecule has 1 aliphatic heterocycles. The van der Waals surface area contributed by atoms with Gasteiger partial charge in [-0.3, -0.25) is 4.79 Å². The number of sulfone groups is 1. The van der Waals surface area contributed by atoms with E-state index in [4.69, 9.17) is 11.6 Å². The Balaban J connectivity index is 1.96. The SMILES string of the molecule is CSc1ncc(Cl)c(C(=O)N(Cc2ccc(F)cc2)[C@H]2CCS(=O)(=O)C2)n1. The fraction of sp³-hybridized carbons (Fsp3) is 0.353. The largest absolute Gasteiger partial charge is 0.329 e. The highest BCUT2D eigenvalue weighted by atomic mass is 35.5. The minimum atomic E-state index is -3.20. The van der Waals surface area contributed by atoms with Crippen molar-refractivity contribution in [3.05, 3.63) is 52.6 Å². The summed E-state index contributed by atoms with van der Waals surface area (Å²) in [5.74, 6) is -0.941. The van der Waals surface area contributed by atoms with E-state index in [1.165, 1.54) is 35.0 Å². The lowest BCUT2D eigenvalue weighted by molar-refractivity contribution is 0.0674. The van der Waals surface area contributed by atoms with E-state index >= 15 is 0 Å². The summed E-state index contributed by atoms with van der Waals surface area (Å²) in [5.41, 5.74) is 0.715. The lowest BCUT2D eigenvalue weighted by atomic mass is 10.1. The third-order valence-corrected chi connectivity index (χ3v) is 6.87. The average molecular weight is 430 g/mol. The molecular weight excluding hydrogens is 413 g/mol. The summed E-state index contributed by atoms with van der Waals surface area (Å²) in [6, 6.07) is 5.23. The highest BCUT2D eigenvalue weighted by Gasteiger charge is 2.36. The van der Waals surface area contributed by atoms with Crippen LogP contribution in [0.5, 0.6) is 0 Å². The second-order valence-electron chi connectivity index (χ2n) is 6.17. The van der Waals surface area contributed by atoms with Crippen molar-refractivity contribution in [2.24, 2.45) is 0 Å². The van der Waals surface area contributed by atoms with Gasteiger partial charge in [-0.2, -0.15) is 0 Å². The molecule has 27 heavy (non-hydrogen) atoms. The quantitative estimate of drug-likeness (QED) is 0.537. The second-order valence-corrected chi connectivity index (χ2v) is 9.58. The van der Waals surface area contributed by atoms with Crippen LogP contribution in [0.4, 0.5) is 4.39 Å². The summed E-state index contributed by atoms with van der Waals surface area (Å²) in [7, 11) is -3.20. The number of carbonyl (C=O) groups excluding carboxylic acids is 1. The number of nitrogens with zero attached hydrogens (tertiary/aromatic N) is 3. The zero-order valence-corrected chi connectivity index (χ0v) is 16.8. The van der Waals surface area contributed by atoms with Gasteiger partial charge in [-0.05, 0) is 30.4 Å². The van der Waals surface area contributed by atoms with Gasteiger partial charge >= 0.3 is 0 Å². The first-order chi connectivity index (χ1) is 12.8. The monoisotopic (exact) mass is 429 g/mol. The molecule has 0 radical (unpaired) electrons. The number of rotatable bonds is 5. The number of hydrogen-bond acceptors (Lipinski definition) is 6. The molecule has 0 aliphatic carbocycles. The standard InChI is InChI=1S/C17H17ClFN3O3S2/c1-26-17-20-8-14(18)15(21-17)16(23)22(13-6-7-27(24,25)10-13)9-11-2-4-12(19)5-3-11/h2-5,8,13H,6-7,9-10H2,1H3/t13-/m0/s1. The predicted octanol–water partition coefficient (Wildman–Crippen LogP) is 2.82. The Morgan fingerprint density at radius 3 is 2.67 bits per heavy atom. The summed E-state index contributed by atoms with van der Waals surface area (Å²) in [5, 5.41) is 0.492. The maximum atomic E-state index is 13.2. The predicted molar refractivity (Wildman–Crippen MR) is 102 cm³/mol. The molecule has 1 aromatic carbocycles. The number of benzene rings is 1. The molecule has 6 nitrogen and oxygen atoms in total. The average Bonchev–Trinajstić information content (AvgIpc) is 3.00. The van der Waals surface area contributed by atoms with Crippen LogP contribution in [0.1, 0.15) is 22.5 Å². The molecule has 2 aromatic rings. The summed E-state index contributed by atoms with van der Waals surface area (Å²) < 4.78 is 37.0. The Kier molecular flexibility index (Phi) is 6.02. The van der Waals surface area contributed by atoms with E-state index in [1.807, 2.05) is 0 Å². The van der Waals surface area contributed by atoms with Gasteiger partial charge in [0.25, 0.3) is 5.91 Å². The fourth-order valence-corrected chi connectivity index (χ4v) is 5.15. The van der Waals surface area contributed by atoms with E-state index in [0.29, 0.717) is 17.1 Å². The number of aromatic nitrogens is 2. The van der Waals surface area contributed by atoms with Crippen LogP contribution in [-0.2, 0) is 16.4 Å². The van der Waals surface area contributed by atoms with Gasteiger partial charge in [0.05, 0.1) is 22.7 Å². The molecule has 1 saturated heterocycles. The number of carbonyl (C=O) groups is 1. The molecule has 3 rings (SSSR count). The Labute approximate surface area is 166 Å². The normalized spacial score (nSPS) is 18.4. The molecule has 10 heteroatoms. The van der Waals surface area contributed by atoms with Crippen LogP contribution in [0.15, 0.2) is 35.6 Å². The molecule has 0 N–H and O–H groups in total. The highest BCUT2D eigenvalue weighted by molar-refractivity contribution is 7.98. The molecule has 144 valence electrons. The third-order valence-electron chi connectivity index (χ3n) is 4.28. The number of amides is 1. The van der Waals surface area contributed by atoms with E-state index < -0.39 is 21.8 Å². The first kappa shape index (κ1) is 20.0. The van der Waals surface area contributed by atoms with Crippen LogP contribution in [-0.4, -0.2) is 53.0 Å². The lowest BCUT2D eigenvalue weighted by Gasteiger charge is -2.28. The Morgan fingerprint density at radius 2 is 2.07 bits per heavy atom. The first-order valence-electron chi connectivity index (χ1n) is 8.11. The Hall–Kier alpha value is -1.71. The molecule has 1 atom stereocenters. The van der Waals surface area contributed by atoms with E-state index in [9.17, 15) is 17.6 Å². The van der Waals surface area contributed by atoms with Crippen molar-refractivity contribution in [1.82, 2.24) is 14.9 Å². The van der Waals surface area contributed by atoms with Gasteiger partial charge in [-0.15, -0.1) is 0 Å². The van der Waals surface area contributed by atoms with Gasteiger partial charge < -0.3 is 4.90 Å². The van der Waals surface area contributed by atoms with Crippen molar-refractivity contribution < 1.29 is 17.6 Å². The van der Waals surface area contributed by atoms with Crippen molar-refractivity contribution in [3.63, 3.8) is 0 Å². The Morgan fingerprint density at radius 1 is 1.37 bits per heavy atom. The molecule has 2 heterocycles. The molecular formula is C17H17ClFN3O3S2. The lowest BCUT2D eigenvalue weighted by Crippen LogP contribution is -2.41. The van der Waals surface area contributed by atoms with Crippen LogP contribution in [0.25, 0.3) is 0 Å². The molecule has 0 spiro atoms. The van der Waals surface area contributed by atoms with Gasteiger partial charge in [-0.25, -0.2) is 22.8 Å². The van der Waals surface area contributed by atoms with Crippen molar-refractivity contribution in [2.75, 3.05) is 17.8 Å². The Bertz CT molecular complexity index is 954. The van der Waals surface area contributed by atoms with E-state index in [1.54, 1.807) is 18.4 Å².